The molecule has 0 fully saturated rings. The van der Waals surface area contributed by atoms with E-state index in [9.17, 15) is 29.4 Å². The zero-order valence-corrected chi connectivity index (χ0v) is 21.1. The van der Waals surface area contributed by atoms with Crippen molar-refractivity contribution in [1.82, 2.24) is 16.0 Å². The molecule has 4 atom stereocenters. The van der Waals surface area contributed by atoms with Crippen LogP contribution in [0, 0.1) is 0 Å². The lowest BCUT2D eigenvalue weighted by atomic mass is 10.0. The van der Waals surface area contributed by atoms with Crippen LogP contribution in [0.2, 0.25) is 0 Å². The van der Waals surface area contributed by atoms with Crippen LogP contribution in [0.4, 0.5) is 0 Å². The molecule has 0 radical (unpaired) electrons. The molecule has 1 rings (SSSR count). The van der Waals surface area contributed by atoms with Crippen LogP contribution in [-0.2, 0) is 25.6 Å². The average molecular weight is 528 g/mol. The lowest BCUT2D eigenvalue weighted by Crippen LogP contribution is -2.57. The minimum atomic E-state index is -1.27. The number of phenolic OH excluding ortho intramolecular Hbond substituents is 1. The lowest BCUT2D eigenvalue weighted by molar-refractivity contribution is -0.142. The third-order valence-corrected chi connectivity index (χ3v) is 5.99. The minimum Gasteiger partial charge on any atom is -0.508 e. The number of aromatic hydroxyl groups is 1. The number of hydrogen-bond donors (Lipinski definition) is 8. The topological polar surface area (TPSA) is 217 Å². The van der Waals surface area contributed by atoms with Gasteiger partial charge in [-0.1, -0.05) is 12.1 Å². The molecule has 10 N–H and O–H groups in total. The van der Waals surface area contributed by atoms with E-state index in [1.54, 1.807) is 12.1 Å². The van der Waals surface area contributed by atoms with Crippen LogP contribution >= 0.6 is 11.8 Å². The average Bonchev–Trinajstić information content (AvgIpc) is 2.85. The van der Waals surface area contributed by atoms with Crippen molar-refractivity contribution in [3.63, 3.8) is 0 Å². The zero-order chi connectivity index (χ0) is 27.1. The lowest BCUT2D eigenvalue weighted by Gasteiger charge is -2.25. The van der Waals surface area contributed by atoms with Crippen LogP contribution in [0.5, 0.6) is 5.75 Å². The fourth-order valence-corrected chi connectivity index (χ4v) is 3.71. The highest BCUT2D eigenvalue weighted by Crippen LogP contribution is 2.12. The van der Waals surface area contributed by atoms with Crippen molar-refractivity contribution in [2.24, 2.45) is 11.5 Å². The maximum absolute atomic E-state index is 13.0. The summed E-state index contributed by atoms with van der Waals surface area (Å²) >= 11 is 1.46. The molecule has 1 aromatic carbocycles. The number of benzene rings is 1. The fraction of sp³-hybridized carbons (Fsp3) is 0.565. The number of nitrogens with one attached hydrogen (secondary N) is 3. The molecule has 13 heteroatoms. The third-order valence-electron chi connectivity index (χ3n) is 5.35. The Morgan fingerprint density at radius 2 is 1.47 bits per heavy atom. The van der Waals surface area contributed by atoms with Crippen molar-refractivity contribution in [2.45, 2.75) is 56.3 Å². The Labute approximate surface area is 214 Å². The van der Waals surface area contributed by atoms with E-state index in [0.29, 0.717) is 30.7 Å². The smallest absolute Gasteiger partial charge is 0.326 e. The van der Waals surface area contributed by atoms with E-state index in [-0.39, 0.29) is 25.0 Å². The molecule has 0 bridgehead atoms. The van der Waals surface area contributed by atoms with Gasteiger partial charge in [0.15, 0.2) is 0 Å². The van der Waals surface area contributed by atoms with Crippen molar-refractivity contribution < 1.29 is 34.5 Å². The first-order chi connectivity index (χ1) is 17.1. The molecule has 0 heterocycles. The predicted molar refractivity (Wildman–Crippen MR) is 136 cm³/mol. The minimum absolute atomic E-state index is 0.0282. The number of hydrogen-bond acceptors (Lipinski definition) is 9. The molecule has 1 aromatic rings. The van der Waals surface area contributed by atoms with Gasteiger partial charge in [-0.15, -0.1) is 0 Å². The number of carboxylic acid groups (broad SMARTS) is 1. The van der Waals surface area contributed by atoms with E-state index in [4.69, 9.17) is 16.6 Å². The summed E-state index contributed by atoms with van der Waals surface area (Å²) in [4.78, 5) is 50.0. The maximum Gasteiger partial charge on any atom is 0.326 e. The number of rotatable bonds is 17. The van der Waals surface area contributed by atoms with Crippen molar-refractivity contribution >= 4 is 35.5 Å². The number of thioether (sulfide) groups is 1. The van der Waals surface area contributed by atoms with Crippen LogP contribution < -0.4 is 27.4 Å². The van der Waals surface area contributed by atoms with E-state index < -0.39 is 54.5 Å². The standard InChI is InChI=1S/C23H37N5O7S/c1-36-11-9-18(26-20(31)16(25)13-29)22(33)27-17(4-2-3-10-24)21(32)28-19(23(34)35)12-14-5-7-15(30)8-6-14/h5-8,16-19,29-30H,2-4,9-13,24-25H2,1H3,(H,26,31)(H,27,33)(H,28,32)(H,34,35). The highest BCUT2D eigenvalue weighted by Gasteiger charge is 2.30. The second-order valence-corrected chi connectivity index (χ2v) is 9.23. The first kappa shape index (κ1) is 31.2. The van der Waals surface area contributed by atoms with E-state index >= 15 is 0 Å². The summed E-state index contributed by atoms with van der Waals surface area (Å²) in [6, 6.07) is 1.39. The fourth-order valence-electron chi connectivity index (χ4n) is 3.24. The second kappa shape index (κ2) is 16.7. The molecule has 0 spiro atoms. The number of amides is 3. The summed E-state index contributed by atoms with van der Waals surface area (Å²) in [5.74, 6) is -2.71. The Bertz CT molecular complexity index is 856. The molecule has 36 heavy (non-hydrogen) atoms. The normalized spacial score (nSPS) is 14.2. The van der Waals surface area contributed by atoms with Crippen molar-refractivity contribution in [3.8, 4) is 5.75 Å². The van der Waals surface area contributed by atoms with Crippen LogP contribution in [-0.4, -0.2) is 88.3 Å². The summed E-state index contributed by atoms with van der Waals surface area (Å²) in [5, 5.41) is 35.7. The maximum atomic E-state index is 13.0. The summed E-state index contributed by atoms with van der Waals surface area (Å²) in [6.45, 7) is -0.212. The summed E-state index contributed by atoms with van der Waals surface area (Å²) in [5.41, 5.74) is 11.7. The van der Waals surface area contributed by atoms with Gasteiger partial charge >= 0.3 is 5.97 Å². The Balaban J connectivity index is 2.99. The molecule has 0 saturated heterocycles. The number of phenols is 1. The summed E-state index contributed by atoms with van der Waals surface area (Å²) in [6.07, 6.45) is 3.36. The van der Waals surface area contributed by atoms with Gasteiger partial charge in [0.25, 0.3) is 0 Å². The van der Waals surface area contributed by atoms with Gasteiger partial charge in [-0.2, -0.15) is 11.8 Å². The van der Waals surface area contributed by atoms with Crippen LogP contribution in [0.25, 0.3) is 0 Å². The molecule has 0 aliphatic rings. The molecule has 0 aliphatic heterocycles. The Kier molecular flexibility index (Phi) is 14.5. The van der Waals surface area contributed by atoms with Crippen molar-refractivity contribution in [2.75, 3.05) is 25.2 Å². The van der Waals surface area contributed by atoms with E-state index in [1.165, 1.54) is 23.9 Å². The number of carboxylic acids is 1. The second-order valence-electron chi connectivity index (χ2n) is 8.25. The van der Waals surface area contributed by atoms with Crippen molar-refractivity contribution in [3.05, 3.63) is 29.8 Å². The number of aliphatic hydroxyl groups excluding tert-OH is 1. The van der Waals surface area contributed by atoms with Gasteiger partial charge in [0.1, 0.15) is 29.9 Å². The van der Waals surface area contributed by atoms with Gasteiger partial charge in [-0.3, -0.25) is 14.4 Å². The zero-order valence-electron chi connectivity index (χ0n) is 20.3. The Morgan fingerprint density at radius 3 is 2.00 bits per heavy atom. The van der Waals surface area contributed by atoms with Crippen molar-refractivity contribution in [1.29, 1.82) is 0 Å². The first-order valence-electron chi connectivity index (χ1n) is 11.6. The molecule has 12 nitrogen and oxygen atoms in total. The first-order valence-corrected chi connectivity index (χ1v) is 13.0. The summed E-state index contributed by atoms with van der Waals surface area (Å²) < 4.78 is 0. The SMILES string of the molecule is CSCCC(NC(=O)C(N)CO)C(=O)NC(CCCCN)C(=O)NC(Cc1ccc(O)cc1)C(=O)O. The number of aliphatic carboxylic acids is 1. The Morgan fingerprint density at radius 1 is 0.917 bits per heavy atom. The number of carbonyl (C=O) groups is 4. The van der Waals surface area contributed by atoms with E-state index in [0.717, 1.165) is 0 Å². The van der Waals surface area contributed by atoms with Gasteiger partial charge in [-0.05, 0) is 61.9 Å². The molecule has 0 saturated carbocycles. The Hall–Kier alpha value is -2.87. The monoisotopic (exact) mass is 527 g/mol. The number of nitrogens with two attached hydrogens (primary N) is 2. The molecule has 3 amide bonds. The van der Waals surface area contributed by atoms with Gasteiger partial charge in [0.2, 0.25) is 17.7 Å². The van der Waals surface area contributed by atoms with Gasteiger partial charge in [-0.25, -0.2) is 4.79 Å². The number of aliphatic hydroxyl groups is 1. The van der Waals surface area contributed by atoms with Crippen LogP contribution in [0.15, 0.2) is 24.3 Å². The van der Waals surface area contributed by atoms with Crippen LogP contribution in [0.1, 0.15) is 31.2 Å². The highest BCUT2D eigenvalue weighted by atomic mass is 32.2. The molecule has 202 valence electrons. The number of carbonyl (C=O) groups excluding carboxylic acids is 3. The van der Waals surface area contributed by atoms with Gasteiger partial charge < -0.3 is 42.7 Å². The summed E-state index contributed by atoms with van der Waals surface area (Å²) in [7, 11) is 0. The predicted octanol–water partition coefficient (Wildman–Crippen LogP) is -1.32. The number of unbranched alkanes of at least 4 members (excludes halogenated alkanes) is 1. The molecular weight excluding hydrogens is 490 g/mol. The molecule has 4 unspecified atom stereocenters. The van der Waals surface area contributed by atoms with Crippen LogP contribution in [0.3, 0.4) is 0 Å². The largest absolute Gasteiger partial charge is 0.508 e. The van der Waals surface area contributed by atoms with E-state index in [1.807, 2.05) is 6.26 Å². The molecule has 0 aromatic heterocycles. The van der Waals surface area contributed by atoms with E-state index in [2.05, 4.69) is 16.0 Å². The highest BCUT2D eigenvalue weighted by molar-refractivity contribution is 7.98. The van der Waals surface area contributed by atoms with Gasteiger partial charge in [0, 0.05) is 6.42 Å². The quantitative estimate of drug-likeness (QED) is 0.112. The molecular formula is C23H37N5O7S. The third kappa shape index (κ3) is 11.2. The van der Waals surface area contributed by atoms with Gasteiger partial charge in [0.05, 0.1) is 6.61 Å². The molecule has 0 aliphatic carbocycles.